The standard InChI is InChI=1S/C12H16O3/c1-4-8(2)9-5-6-11(13)10(7-9)12(14)15-3/h5-8,13H,4H2,1-3H3. The highest BCUT2D eigenvalue weighted by Crippen LogP contribution is 2.25. The number of phenolic OH excluding ortho intramolecular Hbond substituents is 1. The lowest BCUT2D eigenvalue weighted by molar-refractivity contribution is 0.0597. The van der Waals surface area contributed by atoms with Gasteiger partial charge in [0.15, 0.2) is 0 Å². The summed E-state index contributed by atoms with van der Waals surface area (Å²) < 4.78 is 4.59. The molecule has 0 spiro atoms. The van der Waals surface area contributed by atoms with E-state index in [2.05, 4.69) is 18.6 Å². The lowest BCUT2D eigenvalue weighted by Crippen LogP contribution is -2.03. The molecule has 82 valence electrons. The molecule has 1 rings (SSSR count). The van der Waals surface area contributed by atoms with Crippen LogP contribution in [0.4, 0.5) is 0 Å². The minimum Gasteiger partial charge on any atom is -0.507 e. The average molecular weight is 208 g/mol. The highest BCUT2D eigenvalue weighted by molar-refractivity contribution is 5.92. The van der Waals surface area contributed by atoms with Gasteiger partial charge in [-0.25, -0.2) is 4.79 Å². The van der Waals surface area contributed by atoms with Gasteiger partial charge in [0.2, 0.25) is 0 Å². The van der Waals surface area contributed by atoms with E-state index in [0.717, 1.165) is 12.0 Å². The van der Waals surface area contributed by atoms with Crippen molar-refractivity contribution in [3.8, 4) is 5.75 Å². The summed E-state index contributed by atoms with van der Waals surface area (Å²) in [5.74, 6) is -0.166. The van der Waals surface area contributed by atoms with Crippen molar-refractivity contribution in [1.82, 2.24) is 0 Å². The molecule has 3 heteroatoms. The summed E-state index contributed by atoms with van der Waals surface area (Å²) in [5, 5.41) is 9.49. The number of methoxy groups -OCH3 is 1. The maximum atomic E-state index is 11.3. The molecular weight excluding hydrogens is 192 g/mol. The Hall–Kier alpha value is -1.51. The zero-order valence-electron chi connectivity index (χ0n) is 9.28. The zero-order chi connectivity index (χ0) is 11.4. The van der Waals surface area contributed by atoms with Gasteiger partial charge in [0.05, 0.1) is 7.11 Å². The molecule has 0 radical (unpaired) electrons. The first kappa shape index (κ1) is 11.6. The third-order valence-corrected chi connectivity index (χ3v) is 2.61. The van der Waals surface area contributed by atoms with E-state index in [-0.39, 0.29) is 11.3 Å². The number of ether oxygens (including phenoxy) is 1. The van der Waals surface area contributed by atoms with E-state index in [4.69, 9.17) is 0 Å². The van der Waals surface area contributed by atoms with Gasteiger partial charge in [-0.3, -0.25) is 0 Å². The zero-order valence-corrected chi connectivity index (χ0v) is 9.28. The molecule has 0 aliphatic heterocycles. The Morgan fingerprint density at radius 3 is 2.73 bits per heavy atom. The molecule has 0 aromatic heterocycles. The van der Waals surface area contributed by atoms with Crippen molar-refractivity contribution in [2.75, 3.05) is 7.11 Å². The summed E-state index contributed by atoms with van der Waals surface area (Å²) in [6.45, 7) is 4.16. The molecule has 1 atom stereocenters. The molecule has 3 nitrogen and oxygen atoms in total. The van der Waals surface area contributed by atoms with Crippen molar-refractivity contribution < 1.29 is 14.6 Å². The average Bonchev–Trinajstić information content (AvgIpc) is 2.27. The number of carbonyl (C=O) groups is 1. The normalized spacial score (nSPS) is 12.2. The number of esters is 1. The first-order chi connectivity index (χ1) is 7.10. The number of aromatic hydroxyl groups is 1. The monoisotopic (exact) mass is 208 g/mol. The van der Waals surface area contributed by atoms with Crippen LogP contribution in [0, 0.1) is 0 Å². The number of benzene rings is 1. The van der Waals surface area contributed by atoms with Crippen molar-refractivity contribution in [3.63, 3.8) is 0 Å². The fraction of sp³-hybridized carbons (Fsp3) is 0.417. The van der Waals surface area contributed by atoms with E-state index >= 15 is 0 Å². The van der Waals surface area contributed by atoms with Crippen LogP contribution in [-0.2, 0) is 4.74 Å². The molecule has 0 saturated carbocycles. The maximum absolute atomic E-state index is 11.3. The Morgan fingerprint density at radius 2 is 2.20 bits per heavy atom. The van der Waals surface area contributed by atoms with Crippen LogP contribution in [0.3, 0.4) is 0 Å². The lowest BCUT2D eigenvalue weighted by Gasteiger charge is -2.11. The first-order valence-corrected chi connectivity index (χ1v) is 5.01. The van der Waals surface area contributed by atoms with Gasteiger partial charge >= 0.3 is 5.97 Å². The Bertz CT molecular complexity index is 358. The minimum absolute atomic E-state index is 0.0334. The third-order valence-electron chi connectivity index (χ3n) is 2.61. The summed E-state index contributed by atoms with van der Waals surface area (Å²) in [6, 6.07) is 5.05. The second kappa shape index (κ2) is 4.82. The number of hydrogen-bond donors (Lipinski definition) is 1. The minimum atomic E-state index is -0.502. The summed E-state index contributed by atoms with van der Waals surface area (Å²) >= 11 is 0. The maximum Gasteiger partial charge on any atom is 0.341 e. The Balaban J connectivity index is 3.10. The second-order valence-corrected chi connectivity index (χ2v) is 3.58. The van der Waals surface area contributed by atoms with Crippen molar-refractivity contribution in [3.05, 3.63) is 29.3 Å². The van der Waals surface area contributed by atoms with E-state index in [1.807, 2.05) is 6.07 Å². The van der Waals surface area contributed by atoms with E-state index in [0.29, 0.717) is 5.92 Å². The third kappa shape index (κ3) is 2.49. The highest BCUT2D eigenvalue weighted by atomic mass is 16.5. The largest absolute Gasteiger partial charge is 0.507 e. The smallest absolute Gasteiger partial charge is 0.341 e. The molecule has 0 aliphatic rings. The summed E-state index contributed by atoms with van der Waals surface area (Å²) in [5.41, 5.74) is 1.27. The molecule has 15 heavy (non-hydrogen) atoms. The Labute approximate surface area is 89.7 Å². The van der Waals surface area contributed by atoms with Crippen molar-refractivity contribution >= 4 is 5.97 Å². The lowest BCUT2D eigenvalue weighted by atomic mass is 9.96. The van der Waals surface area contributed by atoms with Crippen LogP contribution < -0.4 is 0 Å². The molecule has 0 heterocycles. The van der Waals surface area contributed by atoms with Crippen LogP contribution in [0.2, 0.25) is 0 Å². The number of hydrogen-bond acceptors (Lipinski definition) is 3. The number of phenols is 1. The molecule has 1 N–H and O–H groups in total. The second-order valence-electron chi connectivity index (χ2n) is 3.58. The number of rotatable bonds is 3. The predicted octanol–water partition coefficient (Wildman–Crippen LogP) is 2.69. The highest BCUT2D eigenvalue weighted by Gasteiger charge is 2.13. The van der Waals surface area contributed by atoms with E-state index < -0.39 is 5.97 Å². The van der Waals surface area contributed by atoms with Gasteiger partial charge < -0.3 is 9.84 Å². The van der Waals surface area contributed by atoms with Gasteiger partial charge in [0, 0.05) is 0 Å². The van der Waals surface area contributed by atoms with Crippen LogP contribution in [-0.4, -0.2) is 18.2 Å². The van der Waals surface area contributed by atoms with E-state index in [1.54, 1.807) is 6.07 Å². The quantitative estimate of drug-likeness (QED) is 0.777. The van der Waals surface area contributed by atoms with Crippen molar-refractivity contribution in [2.24, 2.45) is 0 Å². The molecule has 1 unspecified atom stereocenters. The van der Waals surface area contributed by atoms with Gasteiger partial charge in [0.1, 0.15) is 11.3 Å². The summed E-state index contributed by atoms with van der Waals surface area (Å²) in [6.07, 6.45) is 0.991. The molecule has 0 bridgehead atoms. The van der Waals surface area contributed by atoms with E-state index in [1.165, 1.54) is 13.2 Å². The fourth-order valence-electron chi connectivity index (χ4n) is 1.37. The molecule has 0 amide bonds. The topological polar surface area (TPSA) is 46.5 Å². The van der Waals surface area contributed by atoms with Gasteiger partial charge in [0.25, 0.3) is 0 Å². The Kier molecular flexibility index (Phi) is 3.72. The Morgan fingerprint density at radius 1 is 1.53 bits per heavy atom. The SMILES string of the molecule is CCC(C)c1ccc(O)c(C(=O)OC)c1. The van der Waals surface area contributed by atoms with Crippen LogP contribution in [0.25, 0.3) is 0 Å². The van der Waals surface area contributed by atoms with Crippen molar-refractivity contribution in [2.45, 2.75) is 26.2 Å². The molecule has 0 aliphatic carbocycles. The van der Waals surface area contributed by atoms with Crippen LogP contribution in [0.1, 0.15) is 42.1 Å². The molecule has 1 aromatic carbocycles. The van der Waals surface area contributed by atoms with Gasteiger partial charge in [-0.2, -0.15) is 0 Å². The van der Waals surface area contributed by atoms with E-state index in [9.17, 15) is 9.90 Å². The molecular formula is C12H16O3. The summed E-state index contributed by atoms with van der Waals surface area (Å²) in [4.78, 5) is 11.3. The van der Waals surface area contributed by atoms with Crippen LogP contribution in [0.15, 0.2) is 18.2 Å². The molecule has 1 aromatic rings. The van der Waals surface area contributed by atoms with Crippen LogP contribution >= 0.6 is 0 Å². The van der Waals surface area contributed by atoms with Gasteiger partial charge in [-0.1, -0.05) is 19.9 Å². The van der Waals surface area contributed by atoms with Gasteiger partial charge in [-0.15, -0.1) is 0 Å². The molecule has 0 fully saturated rings. The van der Waals surface area contributed by atoms with Crippen LogP contribution in [0.5, 0.6) is 5.75 Å². The predicted molar refractivity (Wildman–Crippen MR) is 58.2 cm³/mol. The van der Waals surface area contributed by atoms with Crippen molar-refractivity contribution in [1.29, 1.82) is 0 Å². The first-order valence-electron chi connectivity index (χ1n) is 5.01. The summed E-state index contributed by atoms with van der Waals surface area (Å²) in [7, 11) is 1.30. The van der Waals surface area contributed by atoms with Gasteiger partial charge in [-0.05, 0) is 30.0 Å². The molecule has 0 saturated heterocycles. The fourth-order valence-corrected chi connectivity index (χ4v) is 1.37. The number of carbonyl (C=O) groups excluding carboxylic acids is 1.